The van der Waals surface area contributed by atoms with Crippen LogP contribution in [0.3, 0.4) is 0 Å². The van der Waals surface area contributed by atoms with Crippen LogP contribution in [0.2, 0.25) is 0 Å². The Morgan fingerprint density at radius 1 is 1.12 bits per heavy atom. The van der Waals surface area contributed by atoms with E-state index in [1.807, 2.05) is 57.9 Å². The molecule has 0 spiro atoms. The first kappa shape index (κ1) is 34.0. The second-order valence-corrected chi connectivity index (χ2v) is 11.9. The fourth-order valence-electron chi connectivity index (χ4n) is 5.14. The Kier molecular flexibility index (Phi) is 12.1. The monoisotopic (exact) mass is 613 g/mol. The third-order valence-corrected chi connectivity index (χ3v) is 7.59. The van der Waals surface area contributed by atoms with Crippen LogP contribution in [0.15, 0.2) is 107 Å². The summed E-state index contributed by atoms with van der Waals surface area (Å²) in [6, 6.07) is 6.55. The average Bonchev–Trinajstić information content (AvgIpc) is 3.20. The summed E-state index contributed by atoms with van der Waals surface area (Å²) in [7, 11) is 1.36. The van der Waals surface area contributed by atoms with Crippen LogP contribution in [0.25, 0.3) is 0 Å². The molecule has 1 aromatic carbocycles. The maximum Gasteiger partial charge on any atom is 0.408 e. The minimum absolute atomic E-state index is 0.0641. The molecule has 1 unspecified atom stereocenters. The van der Waals surface area contributed by atoms with Crippen molar-refractivity contribution < 1.29 is 22.7 Å². The topological polar surface area (TPSA) is 44.8 Å². The van der Waals surface area contributed by atoms with Gasteiger partial charge in [0.05, 0.1) is 0 Å². The highest BCUT2D eigenvalue weighted by molar-refractivity contribution is 7.17. The van der Waals surface area contributed by atoms with Crippen molar-refractivity contribution in [2.24, 2.45) is 5.92 Å². The summed E-state index contributed by atoms with van der Waals surface area (Å²) in [5.41, 5.74) is 5.57. The normalized spacial score (nSPS) is 16.9. The van der Waals surface area contributed by atoms with E-state index in [1.54, 1.807) is 18.2 Å². The number of allylic oxidation sites excluding steroid dienone is 8. The van der Waals surface area contributed by atoms with Gasteiger partial charge in [0, 0.05) is 37.2 Å². The van der Waals surface area contributed by atoms with E-state index in [1.165, 1.54) is 27.4 Å². The molecule has 1 fully saturated rings. The number of carbonyl (C=O) groups excluding carboxylic acids is 1. The van der Waals surface area contributed by atoms with E-state index in [9.17, 15) is 13.6 Å². The van der Waals surface area contributed by atoms with Crippen molar-refractivity contribution in [3.05, 3.63) is 107 Å². The lowest BCUT2D eigenvalue weighted by Crippen LogP contribution is -2.34. The molecule has 2 aliphatic heterocycles. The van der Waals surface area contributed by atoms with E-state index in [4.69, 9.17) is 0 Å². The second-order valence-electron chi connectivity index (χ2n) is 11.2. The van der Waals surface area contributed by atoms with E-state index >= 15 is 4.39 Å². The first-order valence-corrected chi connectivity index (χ1v) is 15.0. The fraction of sp³-hybridized carbons (Fsp3) is 0.382. The molecule has 1 N–H and O–H groups in total. The molecule has 1 aromatic rings. The number of benzene rings is 1. The van der Waals surface area contributed by atoms with Gasteiger partial charge in [-0.15, -0.1) is 0 Å². The standard InChI is InChI=1S/C34H43F3N3O2P/c1-7-26(22-38-33(41)32(24(4)5)40-18-10-8-9-11-31(40)23(2)3)21-30(35)25(6)27-16-19-39(20-17-27)28-12-14-29(15-13-28)42-34(36,37)43/h7,9-15,18,21,27H,1,8,16-17,19-20,22,43H2,2-6H3,(H,38,41)/b26-21+,30-25-. The van der Waals surface area contributed by atoms with Crippen molar-refractivity contribution in [3.63, 3.8) is 0 Å². The van der Waals surface area contributed by atoms with Gasteiger partial charge >= 0.3 is 5.85 Å². The fourth-order valence-corrected chi connectivity index (χ4v) is 5.27. The predicted octanol–water partition coefficient (Wildman–Crippen LogP) is 8.54. The highest BCUT2D eigenvalue weighted by Gasteiger charge is 2.25. The van der Waals surface area contributed by atoms with Crippen molar-refractivity contribution in [2.75, 3.05) is 24.5 Å². The van der Waals surface area contributed by atoms with Crippen molar-refractivity contribution in [3.8, 4) is 5.75 Å². The first-order valence-electron chi connectivity index (χ1n) is 14.5. The lowest BCUT2D eigenvalue weighted by molar-refractivity contribution is -0.118. The van der Waals surface area contributed by atoms with Crippen molar-refractivity contribution >= 4 is 20.8 Å². The molecule has 0 radical (unpaired) electrons. The van der Waals surface area contributed by atoms with Crippen molar-refractivity contribution in [2.45, 2.75) is 59.7 Å². The molecule has 232 valence electrons. The Morgan fingerprint density at radius 3 is 2.33 bits per heavy atom. The summed E-state index contributed by atoms with van der Waals surface area (Å²) < 4.78 is 46.1. The lowest BCUT2D eigenvalue weighted by Gasteiger charge is -2.34. The van der Waals surface area contributed by atoms with Gasteiger partial charge in [-0.3, -0.25) is 4.79 Å². The largest absolute Gasteiger partial charge is 0.430 e. The van der Waals surface area contributed by atoms with E-state index in [0.29, 0.717) is 29.9 Å². The molecular weight excluding hydrogens is 570 g/mol. The predicted molar refractivity (Wildman–Crippen MR) is 173 cm³/mol. The van der Waals surface area contributed by atoms with Crippen molar-refractivity contribution in [1.29, 1.82) is 0 Å². The van der Waals surface area contributed by atoms with E-state index < -0.39 is 5.85 Å². The van der Waals surface area contributed by atoms with E-state index in [0.717, 1.165) is 41.8 Å². The van der Waals surface area contributed by atoms with Gasteiger partial charge in [0.15, 0.2) is 0 Å². The number of hydrogen-bond acceptors (Lipinski definition) is 4. The highest BCUT2D eigenvalue weighted by Crippen LogP contribution is 2.33. The number of carbonyl (C=O) groups is 1. The number of alkyl halides is 2. The zero-order valence-corrected chi connectivity index (χ0v) is 26.9. The van der Waals surface area contributed by atoms with Crippen molar-refractivity contribution in [1.82, 2.24) is 10.2 Å². The molecule has 1 saturated heterocycles. The van der Waals surface area contributed by atoms with E-state index in [2.05, 4.69) is 27.6 Å². The average molecular weight is 614 g/mol. The van der Waals surface area contributed by atoms with Crippen LogP contribution >= 0.6 is 9.24 Å². The van der Waals surface area contributed by atoms with Crippen LogP contribution in [-0.4, -0.2) is 36.3 Å². The smallest absolute Gasteiger partial charge is 0.408 e. The Morgan fingerprint density at radius 2 is 1.77 bits per heavy atom. The maximum atomic E-state index is 15.4. The number of anilines is 1. The molecule has 2 heterocycles. The third-order valence-electron chi connectivity index (χ3n) is 7.47. The maximum absolute atomic E-state index is 15.4. The van der Waals surface area contributed by atoms with Crippen LogP contribution in [0.1, 0.15) is 53.9 Å². The number of halogens is 3. The summed E-state index contributed by atoms with van der Waals surface area (Å²) in [5.74, 6) is -3.73. The molecule has 5 nitrogen and oxygen atoms in total. The number of piperidine rings is 1. The van der Waals surface area contributed by atoms with Gasteiger partial charge in [0.1, 0.15) is 17.3 Å². The Bertz CT molecular complexity index is 1350. The quantitative estimate of drug-likeness (QED) is 0.163. The zero-order chi connectivity index (χ0) is 31.7. The van der Waals surface area contributed by atoms with Crippen LogP contribution in [0.5, 0.6) is 5.75 Å². The van der Waals surface area contributed by atoms with Gasteiger partial charge in [-0.25, -0.2) is 4.39 Å². The Balaban J connectivity index is 1.64. The molecular formula is C34H43F3N3O2P. The van der Waals surface area contributed by atoms with Gasteiger partial charge in [0.25, 0.3) is 5.91 Å². The van der Waals surface area contributed by atoms with Gasteiger partial charge in [0.2, 0.25) is 0 Å². The van der Waals surface area contributed by atoms with Gasteiger partial charge < -0.3 is 19.9 Å². The summed E-state index contributed by atoms with van der Waals surface area (Å²) in [4.78, 5) is 17.4. The molecule has 0 saturated carbocycles. The summed E-state index contributed by atoms with van der Waals surface area (Å²) >= 11 is 0. The van der Waals surface area contributed by atoms with Gasteiger partial charge in [-0.2, -0.15) is 8.78 Å². The number of amides is 1. The van der Waals surface area contributed by atoms with Gasteiger partial charge in [-0.1, -0.05) is 30.4 Å². The lowest BCUT2D eigenvalue weighted by atomic mass is 9.89. The minimum atomic E-state index is -3.31. The molecule has 1 amide bonds. The Hall–Kier alpha value is -3.51. The van der Waals surface area contributed by atoms with E-state index in [-0.39, 0.29) is 29.9 Å². The SMILES string of the molecule is C=C/C(=C\C(F)=C(/C)C1CCN(c2ccc(OC(F)(F)P)cc2)CC1)CNC(=O)C(=C(C)C)N1C=CCC=CC1=C(C)C. The Labute approximate surface area is 256 Å². The van der Waals surface area contributed by atoms with Gasteiger partial charge in [-0.05, 0) is 122 Å². The molecule has 0 bridgehead atoms. The third kappa shape index (κ3) is 9.75. The van der Waals surface area contributed by atoms with Crippen LogP contribution in [0.4, 0.5) is 18.9 Å². The number of rotatable bonds is 10. The minimum Gasteiger partial charge on any atom is -0.430 e. The molecule has 43 heavy (non-hydrogen) atoms. The van der Waals surface area contributed by atoms with Crippen LogP contribution < -0.4 is 15.0 Å². The number of ether oxygens (including phenoxy) is 1. The number of hydrogen-bond donors (Lipinski definition) is 1. The summed E-state index contributed by atoms with van der Waals surface area (Å²) in [5, 5.41) is 2.95. The first-order chi connectivity index (χ1) is 20.3. The van der Waals surface area contributed by atoms with Crippen LogP contribution in [-0.2, 0) is 4.79 Å². The number of nitrogens with one attached hydrogen (secondary N) is 1. The molecule has 9 heteroatoms. The molecule has 0 aliphatic carbocycles. The molecule has 0 aromatic heterocycles. The molecule has 3 rings (SSSR count). The van der Waals surface area contributed by atoms with Crippen LogP contribution in [0, 0.1) is 5.92 Å². The summed E-state index contributed by atoms with van der Waals surface area (Å²) in [6.07, 6.45) is 13.3. The molecule has 2 aliphatic rings. The second kappa shape index (κ2) is 15.3. The molecule has 1 atom stereocenters. The summed E-state index contributed by atoms with van der Waals surface area (Å²) in [6.45, 7) is 15.0. The zero-order valence-electron chi connectivity index (χ0n) is 25.7. The highest BCUT2D eigenvalue weighted by atomic mass is 31.0. The number of nitrogens with zero attached hydrogens (tertiary/aromatic N) is 2.